The van der Waals surface area contributed by atoms with Crippen LogP contribution >= 0.6 is 0 Å². The van der Waals surface area contributed by atoms with Crippen LogP contribution in [-0.2, 0) is 11.8 Å². The number of carbonyl (C=O) groups is 1. The van der Waals surface area contributed by atoms with Crippen LogP contribution in [0, 0.1) is 5.92 Å². The third-order valence-corrected chi connectivity index (χ3v) is 5.12. The van der Waals surface area contributed by atoms with Crippen LogP contribution in [0.4, 0.5) is 0 Å². The fourth-order valence-corrected chi connectivity index (χ4v) is 3.45. The lowest BCUT2D eigenvalue weighted by molar-refractivity contribution is -0.136. The maximum atomic E-state index is 12.5. The van der Waals surface area contributed by atoms with Gasteiger partial charge in [0.25, 0.3) is 0 Å². The summed E-state index contributed by atoms with van der Waals surface area (Å²) in [5.74, 6) is 1.15. The zero-order valence-corrected chi connectivity index (χ0v) is 14.8. The van der Waals surface area contributed by atoms with E-state index >= 15 is 0 Å². The van der Waals surface area contributed by atoms with Crippen LogP contribution in [0.2, 0.25) is 0 Å². The number of aryl methyl sites for hydroxylation is 1. The minimum Gasteiger partial charge on any atom is -0.385 e. The lowest BCUT2D eigenvalue weighted by Crippen LogP contribution is -2.50. The van der Waals surface area contributed by atoms with E-state index in [4.69, 9.17) is 0 Å². The summed E-state index contributed by atoms with van der Waals surface area (Å²) in [5.41, 5.74) is 0. The Balaban J connectivity index is 1.91. The first-order chi connectivity index (χ1) is 11.0. The third-order valence-electron chi connectivity index (χ3n) is 5.12. The van der Waals surface area contributed by atoms with Gasteiger partial charge in [0.1, 0.15) is 11.9 Å². The zero-order valence-electron chi connectivity index (χ0n) is 14.8. The molecule has 6 heteroatoms. The molecule has 1 aliphatic heterocycles. The van der Waals surface area contributed by atoms with Gasteiger partial charge in [-0.25, -0.2) is 4.98 Å². The van der Waals surface area contributed by atoms with E-state index in [-0.39, 0.29) is 17.9 Å². The molecule has 0 unspecified atom stereocenters. The van der Waals surface area contributed by atoms with E-state index in [2.05, 4.69) is 9.88 Å². The molecule has 2 heterocycles. The standard InChI is InChI=1S/C17H30N4O2/c1-5-20(6-2)17(23)13(3)21-10-7-14(8-11-21)15(22)16-18-9-12-19(16)4/h9,12-15,22H,5-8,10-11H2,1-4H3/t13-,15-/m1/s1. The van der Waals surface area contributed by atoms with Crippen LogP contribution < -0.4 is 0 Å². The molecular weight excluding hydrogens is 292 g/mol. The molecule has 2 atom stereocenters. The Hall–Kier alpha value is -1.40. The minimum absolute atomic E-state index is 0.0823. The summed E-state index contributed by atoms with van der Waals surface area (Å²) >= 11 is 0. The van der Waals surface area contributed by atoms with E-state index in [1.807, 2.05) is 43.5 Å². The molecule has 0 radical (unpaired) electrons. The van der Waals surface area contributed by atoms with Crippen molar-refractivity contribution in [3.05, 3.63) is 18.2 Å². The van der Waals surface area contributed by atoms with Gasteiger partial charge in [0.05, 0.1) is 6.04 Å². The van der Waals surface area contributed by atoms with Crippen molar-refractivity contribution in [1.29, 1.82) is 0 Å². The van der Waals surface area contributed by atoms with Gasteiger partial charge in [-0.15, -0.1) is 0 Å². The van der Waals surface area contributed by atoms with Gasteiger partial charge < -0.3 is 14.6 Å². The number of likely N-dealkylation sites (N-methyl/N-ethyl adjacent to an activating group) is 1. The molecule has 6 nitrogen and oxygen atoms in total. The van der Waals surface area contributed by atoms with E-state index in [9.17, 15) is 9.90 Å². The van der Waals surface area contributed by atoms with Gasteiger partial charge in [0.2, 0.25) is 5.91 Å². The van der Waals surface area contributed by atoms with E-state index < -0.39 is 6.10 Å². The van der Waals surface area contributed by atoms with Crippen LogP contribution in [0.3, 0.4) is 0 Å². The predicted octanol–water partition coefficient (Wildman–Crippen LogP) is 1.42. The van der Waals surface area contributed by atoms with Gasteiger partial charge in [-0.05, 0) is 52.6 Å². The molecule has 0 saturated carbocycles. The lowest BCUT2D eigenvalue weighted by atomic mass is 9.90. The van der Waals surface area contributed by atoms with Gasteiger partial charge in [-0.2, -0.15) is 0 Å². The first kappa shape index (κ1) is 17.9. The van der Waals surface area contributed by atoms with Crippen molar-refractivity contribution in [1.82, 2.24) is 19.4 Å². The maximum absolute atomic E-state index is 12.5. The van der Waals surface area contributed by atoms with E-state index in [1.54, 1.807) is 6.20 Å². The molecule has 1 amide bonds. The number of imidazole rings is 1. The monoisotopic (exact) mass is 322 g/mol. The summed E-state index contributed by atoms with van der Waals surface area (Å²) in [6.07, 6.45) is 4.84. The molecule has 1 fully saturated rings. The molecule has 0 spiro atoms. The molecule has 130 valence electrons. The summed E-state index contributed by atoms with van der Waals surface area (Å²) in [6, 6.07) is -0.0823. The maximum Gasteiger partial charge on any atom is 0.239 e. The van der Waals surface area contributed by atoms with Crippen LogP contribution in [0.5, 0.6) is 0 Å². The molecule has 1 aromatic rings. The largest absolute Gasteiger partial charge is 0.385 e. The summed E-state index contributed by atoms with van der Waals surface area (Å²) in [7, 11) is 1.91. The van der Waals surface area contributed by atoms with Crippen LogP contribution in [0.15, 0.2) is 12.4 Å². The van der Waals surface area contributed by atoms with Gasteiger partial charge >= 0.3 is 0 Å². The molecule has 1 aliphatic rings. The quantitative estimate of drug-likeness (QED) is 0.860. The highest BCUT2D eigenvalue weighted by Crippen LogP contribution is 2.30. The molecule has 0 aromatic carbocycles. The number of aliphatic hydroxyl groups excluding tert-OH is 1. The molecule has 1 saturated heterocycles. The molecular formula is C17H30N4O2. The van der Waals surface area contributed by atoms with E-state index in [1.165, 1.54) is 0 Å². The van der Waals surface area contributed by atoms with Gasteiger partial charge in [-0.1, -0.05) is 0 Å². The Kier molecular flexibility index (Phi) is 6.18. The second kappa shape index (κ2) is 7.93. The van der Waals surface area contributed by atoms with Crippen molar-refractivity contribution in [2.45, 2.75) is 45.8 Å². The number of hydrogen-bond acceptors (Lipinski definition) is 4. The van der Waals surface area contributed by atoms with Crippen molar-refractivity contribution in [3.8, 4) is 0 Å². The first-order valence-corrected chi connectivity index (χ1v) is 8.67. The lowest BCUT2D eigenvalue weighted by Gasteiger charge is -2.38. The average Bonchev–Trinajstić information content (AvgIpc) is 3.00. The van der Waals surface area contributed by atoms with Crippen LogP contribution in [0.25, 0.3) is 0 Å². The van der Waals surface area contributed by atoms with Crippen LogP contribution in [-0.4, -0.2) is 62.6 Å². The number of amides is 1. The van der Waals surface area contributed by atoms with E-state index in [0.717, 1.165) is 44.8 Å². The number of rotatable bonds is 6. The number of likely N-dealkylation sites (tertiary alicyclic amines) is 1. The summed E-state index contributed by atoms with van der Waals surface area (Å²) < 4.78 is 1.88. The second-order valence-corrected chi connectivity index (χ2v) is 6.40. The molecule has 1 N–H and O–H groups in total. The molecule has 0 bridgehead atoms. The Morgan fingerprint density at radius 3 is 2.48 bits per heavy atom. The normalized spacial score (nSPS) is 19.5. The van der Waals surface area contributed by atoms with Crippen molar-refractivity contribution in [3.63, 3.8) is 0 Å². The minimum atomic E-state index is -0.522. The Morgan fingerprint density at radius 1 is 1.39 bits per heavy atom. The van der Waals surface area contributed by atoms with Crippen LogP contribution in [0.1, 0.15) is 45.5 Å². The number of hydrogen-bond donors (Lipinski definition) is 1. The summed E-state index contributed by atoms with van der Waals surface area (Å²) in [6.45, 7) is 9.24. The average molecular weight is 322 g/mol. The second-order valence-electron chi connectivity index (χ2n) is 6.40. The SMILES string of the molecule is CCN(CC)C(=O)[C@@H](C)N1CCC([C@@H](O)c2nccn2C)CC1. The van der Waals surface area contributed by atoms with Gasteiger partial charge in [0, 0.05) is 32.5 Å². The number of carbonyl (C=O) groups excluding carboxylic acids is 1. The fraction of sp³-hybridized carbons (Fsp3) is 0.765. The number of nitrogens with zero attached hydrogens (tertiary/aromatic N) is 4. The third kappa shape index (κ3) is 3.93. The van der Waals surface area contributed by atoms with Crippen molar-refractivity contribution >= 4 is 5.91 Å². The van der Waals surface area contributed by atoms with Gasteiger partial charge in [-0.3, -0.25) is 9.69 Å². The highest BCUT2D eigenvalue weighted by Gasteiger charge is 2.32. The van der Waals surface area contributed by atoms with Gasteiger partial charge in [0.15, 0.2) is 0 Å². The Labute approximate surface area is 139 Å². The topological polar surface area (TPSA) is 61.6 Å². The Morgan fingerprint density at radius 2 is 2.00 bits per heavy atom. The summed E-state index contributed by atoms with van der Waals surface area (Å²) in [5, 5.41) is 10.5. The molecule has 23 heavy (non-hydrogen) atoms. The van der Waals surface area contributed by atoms with Crippen molar-refractivity contribution < 1.29 is 9.90 Å². The smallest absolute Gasteiger partial charge is 0.239 e. The number of piperidine rings is 1. The van der Waals surface area contributed by atoms with Crippen molar-refractivity contribution in [2.75, 3.05) is 26.2 Å². The first-order valence-electron chi connectivity index (χ1n) is 8.67. The fourth-order valence-electron chi connectivity index (χ4n) is 3.45. The zero-order chi connectivity index (χ0) is 17.0. The Bertz CT molecular complexity index is 504. The molecule has 1 aromatic heterocycles. The molecule has 0 aliphatic carbocycles. The number of aliphatic hydroxyl groups is 1. The number of aromatic nitrogens is 2. The van der Waals surface area contributed by atoms with E-state index in [0.29, 0.717) is 0 Å². The predicted molar refractivity (Wildman–Crippen MR) is 89.9 cm³/mol. The molecule has 2 rings (SSSR count). The highest BCUT2D eigenvalue weighted by atomic mass is 16.3. The summed E-state index contributed by atoms with van der Waals surface area (Å²) in [4.78, 5) is 20.9. The van der Waals surface area contributed by atoms with Crippen molar-refractivity contribution in [2.24, 2.45) is 13.0 Å². The highest BCUT2D eigenvalue weighted by molar-refractivity contribution is 5.81.